The van der Waals surface area contributed by atoms with Crippen molar-refractivity contribution in [2.45, 2.75) is 25.8 Å². The third kappa shape index (κ3) is 4.32. The number of amides is 1. The van der Waals surface area contributed by atoms with Gasteiger partial charge in [-0.05, 0) is 31.2 Å². The number of rotatable bonds is 7. The van der Waals surface area contributed by atoms with E-state index < -0.39 is 6.04 Å². The molecule has 0 bridgehead atoms. The van der Waals surface area contributed by atoms with Crippen LogP contribution in [0.1, 0.15) is 30.0 Å². The van der Waals surface area contributed by atoms with Crippen LogP contribution >= 0.6 is 0 Å². The van der Waals surface area contributed by atoms with Crippen molar-refractivity contribution in [3.05, 3.63) is 35.4 Å². The summed E-state index contributed by atoms with van der Waals surface area (Å²) in [5.41, 5.74) is 8.04. The molecule has 2 N–H and O–H groups in total. The van der Waals surface area contributed by atoms with Gasteiger partial charge in [0.1, 0.15) is 6.04 Å². The molecule has 1 aliphatic carbocycles. The van der Waals surface area contributed by atoms with E-state index in [-0.39, 0.29) is 5.91 Å². The number of carbonyl (C=O) groups is 1. The zero-order valence-electron chi connectivity index (χ0n) is 12.3. The molecule has 1 unspecified atom stereocenters. The number of carbonyl (C=O) groups excluding carboxylic acids is 1. The Morgan fingerprint density at radius 2 is 2.05 bits per heavy atom. The first-order valence-corrected chi connectivity index (χ1v) is 7.23. The molecule has 1 aromatic rings. The second-order valence-corrected chi connectivity index (χ2v) is 5.67. The van der Waals surface area contributed by atoms with Crippen LogP contribution in [0.4, 0.5) is 0 Å². The summed E-state index contributed by atoms with van der Waals surface area (Å²) in [6.07, 6.45) is 2.57. The summed E-state index contributed by atoms with van der Waals surface area (Å²) in [6, 6.07) is 7.18. The number of hydrogen-bond acceptors (Lipinski definition) is 3. The van der Waals surface area contributed by atoms with Crippen molar-refractivity contribution in [3.63, 3.8) is 0 Å². The lowest BCUT2D eigenvalue weighted by molar-refractivity contribution is -0.132. The monoisotopic (exact) mass is 276 g/mol. The average molecular weight is 276 g/mol. The molecule has 1 saturated carbocycles. The van der Waals surface area contributed by atoms with Crippen LogP contribution in [0.25, 0.3) is 0 Å². The van der Waals surface area contributed by atoms with Crippen molar-refractivity contribution in [1.29, 1.82) is 0 Å². The third-order valence-electron chi connectivity index (χ3n) is 3.70. The summed E-state index contributed by atoms with van der Waals surface area (Å²) < 4.78 is 5.54. The van der Waals surface area contributed by atoms with Gasteiger partial charge in [-0.1, -0.05) is 29.8 Å². The second-order valence-electron chi connectivity index (χ2n) is 5.67. The first kappa shape index (κ1) is 15.0. The first-order valence-electron chi connectivity index (χ1n) is 7.23. The van der Waals surface area contributed by atoms with Gasteiger partial charge in [0.2, 0.25) is 5.91 Å². The molecule has 0 heterocycles. The summed E-state index contributed by atoms with van der Waals surface area (Å²) >= 11 is 0. The molecule has 2 rings (SSSR count). The van der Waals surface area contributed by atoms with Gasteiger partial charge in [-0.2, -0.15) is 0 Å². The molecule has 1 atom stereocenters. The minimum atomic E-state index is -0.593. The fourth-order valence-corrected chi connectivity index (χ4v) is 2.00. The Balaban J connectivity index is 1.77. The van der Waals surface area contributed by atoms with E-state index in [2.05, 4.69) is 0 Å². The van der Waals surface area contributed by atoms with Crippen LogP contribution in [0.3, 0.4) is 0 Å². The van der Waals surface area contributed by atoms with Gasteiger partial charge in [-0.25, -0.2) is 0 Å². The van der Waals surface area contributed by atoms with Gasteiger partial charge in [0.15, 0.2) is 0 Å². The smallest absolute Gasteiger partial charge is 0.243 e. The minimum absolute atomic E-state index is 0.0659. The number of nitrogens with zero attached hydrogens (tertiary/aromatic N) is 1. The summed E-state index contributed by atoms with van der Waals surface area (Å²) in [5, 5.41) is 0. The third-order valence-corrected chi connectivity index (χ3v) is 3.70. The first-order chi connectivity index (χ1) is 9.58. The average Bonchev–Trinajstić information content (AvgIpc) is 3.26. The largest absolute Gasteiger partial charge is 0.379 e. The van der Waals surface area contributed by atoms with Gasteiger partial charge in [-0.15, -0.1) is 0 Å². The highest BCUT2D eigenvalue weighted by Crippen LogP contribution is 2.28. The van der Waals surface area contributed by atoms with E-state index >= 15 is 0 Å². The van der Waals surface area contributed by atoms with Gasteiger partial charge in [0, 0.05) is 20.2 Å². The molecule has 0 radical (unpaired) electrons. The lowest BCUT2D eigenvalue weighted by Crippen LogP contribution is -2.37. The molecule has 1 aliphatic rings. The Labute approximate surface area is 120 Å². The van der Waals surface area contributed by atoms with Crippen molar-refractivity contribution in [2.24, 2.45) is 11.7 Å². The molecule has 0 aromatic heterocycles. The lowest BCUT2D eigenvalue weighted by atomic mass is 10.1. The second kappa shape index (κ2) is 6.86. The van der Waals surface area contributed by atoms with Gasteiger partial charge >= 0.3 is 0 Å². The molecule has 0 aliphatic heterocycles. The maximum absolute atomic E-state index is 12.2. The van der Waals surface area contributed by atoms with Crippen molar-refractivity contribution >= 4 is 5.91 Å². The van der Waals surface area contributed by atoms with Crippen molar-refractivity contribution < 1.29 is 9.53 Å². The number of ether oxygens (including phenoxy) is 1. The van der Waals surface area contributed by atoms with Crippen LogP contribution < -0.4 is 5.73 Å². The number of likely N-dealkylation sites (N-methyl/N-ethyl adjacent to an activating group) is 1. The normalized spacial score (nSPS) is 15.9. The zero-order chi connectivity index (χ0) is 14.5. The van der Waals surface area contributed by atoms with Crippen LogP contribution in [0, 0.1) is 12.8 Å². The van der Waals surface area contributed by atoms with E-state index in [1.165, 1.54) is 12.8 Å². The number of hydrogen-bond donors (Lipinski definition) is 1. The Kier molecular flexibility index (Phi) is 5.15. The van der Waals surface area contributed by atoms with Crippen LogP contribution in [-0.2, 0) is 9.53 Å². The van der Waals surface area contributed by atoms with E-state index in [0.29, 0.717) is 13.2 Å². The topological polar surface area (TPSA) is 55.6 Å². The van der Waals surface area contributed by atoms with E-state index in [1.807, 2.05) is 31.2 Å². The van der Waals surface area contributed by atoms with Crippen LogP contribution in [-0.4, -0.2) is 37.6 Å². The highest BCUT2D eigenvalue weighted by Gasteiger charge is 2.22. The molecule has 20 heavy (non-hydrogen) atoms. The molecule has 110 valence electrons. The Morgan fingerprint density at radius 3 is 2.65 bits per heavy atom. The lowest BCUT2D eigenvalue weighted by Gasteiger charge is -2.21. The molecule has 1 fully saturated rings. The number of aryl methyl sites for hydroxylation is 1. The Bertz CT molecular complexity index is 440. The maximum atomic E-state index is 12.2. The van der Waals surface area contributed by atoms with Crippen molar-refractivity contribution in [1.82, 2.24) is 4.90 Å². The van der Waals surface area contributed by atoms with Gasteiger partial charge in [0.25, 0.3) is 0 Å². The SMILES string of the molecule is Cc1ccc(C(N)C(=O)N(C)CCOCC2CC2)cc1. The molecule has 1 aromatic carbocycles. The number of nitrogens with two attached hydrogens (primary N) is 1. The fourth-order valence-electron chi connectivity index (χ4n) is 2.00. The summed E-state index contributed by atoms with van der Waals surface area (Å²) in [6.45, 7) is 4.01. The highest BCUT2D eigenvalue weighted by molar-refractivity contribution is 5.82. The van der Waals surface area contributed by atoms with Crippen molar-refractivity contribution in [3.8, 4) is 0 Å². The van der Waals surface area contributed by atoms with Crippen LogP contribution in [0.5, 0.6) is 0 Å². The molecule has 4 nitrogen and oxygen atoms in total. The molecule has 1 amide bonds. The summed E-state index contributed by atoms with van der Waals surface area (Å²) in [5.74, 6) is 0.690. The predicted octanol–water partition coefficient (Wildman–Crippen LogP) is 1.88. The highest BCUT2D eigenvalue weighted by atomic mass is 16.5. The summed E-state index contributed by atoms with van der Waals surface area (Å²) in [7, 11) is 1.77. The van der Waals surface area contributed by atoms with Gasteiger partial charge in [0.05, 0.1) is 6.61 Å². The molecule has 0 spiro atoms. The maximum Gasteiger partial charge on any atom is 0.243 e. The standard InChI is InChI=1S/C16H24N2O2/c1-12-3-7-14(8-4-12)15(17)16(19)18(2)9-10-20-11-13-5-6-13/h3-4,7-8,13,15H,5-6,9-11,17H2,1-2H3. The van der Waals surface area contributed by atoms with Gasteiger partial charge in [-0.3, -0.25) is 4.79 Å². The van der Waals surface area contributed by atoms with Gasteiger partial charge < -0.3 is 15.4 Å². The summed E-state index contributed by atoms with van der Waals surface area (Å²) in [4.78, 5) is 13.9. The molecule has 0 saturated heterocycles. The molecule has 4 heteroatoms. The van der Waals surface area contributed by atoms with E-state index in [0.717, 1.165) is 23.7 Å². The predicted molar refractivity (Wildman–Crippen MR) is 79.3 cm³/mol. The Morgan fingerprint density at radius 1 is 1.40 bits per heavy atom. The molecular weight excluding hydrogens is 252 g/mol. The Hall–Kier alpha value is -1.39. The van der Waals surface area contributed by atoms with E-state index in [4.69, 9.17) is 10.5 Å². The quantitative estimate of drug-likeness (QED) is 0.774. The zero-order valence-corrected chi connectivity index (χ0v) is 12.3. The van der Waals surface area contributed by atoms with Crippen LogP contribution in [0.2, 0.25) is 0 Å². The minimum Gasteiger partial charge on any atom is -0.379 e. The van der Waals surface area contributed by atoms with Crippen LogP contribution in [0.15, 0.2) is 24.3 Å². The number of benzene rings is 1. The molecular formula is C16H24N2O2. The van der Waals surface area contributed by atoms with E-state index in [9.17, 15) is 4.79 Å². The van der Waals surface area contributed by atoms with E-state index in [1.54, 1.807) is 11.9 Å². The van der Waals surface area contributed by atoms with Crippen molar-refractivity contribution in [2.75, 3.05) is 26.8 Å². The fraction of sp³-hybridized carbons (Fsp3) is 0.562.